The molecule has 0 fully saturated rings. The third-order valence-electron chi connectivity index (χ3n) is 3.36. The molecule has 1 aliphatic heterocycles. The Balaban J connectivity index is 1.81. The summed E-state index contributed by atoms with van der Waals surface area (Å²) in [5.41, 5.74) is 1.61. The number of nitriles is 1. The highest BCUT2D eigenvalue weighted by atomic mass is 16.5. The zero-order valence-electron chi connectivity index (χ0n) is 11.4. The molecule has 5 heteroatoms. The van der Waals surface area contributed by atoms with Gasteiger partial charge in [-0.25, -0.2) is 4.98 Å². The van der Waals surface area contributed by atoms with Gasteiger partial charge in [0.25, 0.3) is 0 Å². The summed E-state index contributed by atoms with van der Waals surface area (Å²) in [4.78, 5) is 4.36. The predicted octanol–water partition coefficient (Wildman–Crippen LogP) is 2.46. The average Bonchev–Trinajstić information content (AvgIpc) is 2.83. The second-order valence-corrected chi connectivity index (χ2v) is 4.87. The minimum absolute atomic E-state index is 0.375. The van der Waals surface area contributed by atoms with Crippen LogP contribution >= 0.6 is 0 Å². The zero-order valence-corrected chi connectivity index (χ0v) is 11.4. The number of anilines is 1. The number of aromatic nitrogens is 2. The fourth-order valence-electron chi connectivity index (χ4n) is 2.40. The van der Waals surface area contributed by atoms with E-state index >= 15 is 0 Å². The van der Waals surface area contributed by atoms with Gasteiger partial charge in [-0.15, -0.1) is 0 Å². The van der Waals surface area contributed by atoms with Crippen molar-refractivity contribution in [2.75, 3.05) is 11.9 Å². The monoisotopic (exact) mass is 268 g/mol. The third-order valence-corrected chi connectivity index (χ3v) is 3.36. The van der Waals surface area contributed by atoms with Gasteiger partial charge in [-0.05, 0) is 31.0 Å². The first-order valence-corrected chi connectivity index (χ1v) is 6.71. The molecule has 1 N–H and O–H groups in total. The van der Waals surface area contributed by atoms with Crippen LogP contribution in [0, 0.1) is 18.3 Å². The van der Waals surface area contributed by atoms with Crippen molar-refractivity contribution in [2.45, 2.75) is 26.5 Å². The van der Waals surface area contributed by atoms with Crippen LogP contribution in [0.2, 0.25) is 0 Å². The van der Waals surface area contributed by atoms with E-state index in [9.17, 15) is 0 Å². The van der Waals surface area contributed by atoms with Crippen molar-refractivity contribution < 1.29 is 4.74 Å². The minimum atomic E-state index is 0.375. The molecule has 0 spiro atoms. The zero-order chi connectivity index (χ0) is 13.9. The topological polar surface area (TPSA) is 62.9 Å². The Hall–Kier alpha value is -2.48. The molecule has 0 amide bonds. The highest BCUT2D eigenvalue weighted by Crippen LogP contribution is 2.23. The number of hydrogen-bond acceptors (Lipinski definition) is 4. The summed E-state index contributed by atoms with van der Waals surface area (Å²) in [6.07, 6.45) is 1.03. The summed E-state index contributed by atoms with van der Waals surface area (Å²) in [6, 6.07) is 10.0. The number of rotatable bonds is 3. The maximum absolute atomic E-state index is 9.12. The number of nitrogens with zero attached hydrogens (tertiary/aromatic N) is 3. The van der Waals surface area contributed by atoms with E-state index in [0.29, 0.717) is 12.3 Å². The smallest absolute Gasteiger partial charge is 0.183 e. The van der Waals surface area contributed by atoms with E-state index in [2.05, 4.69) is 16.4 Å². The van der Waals surface area contributed by atoms with Crippen molar-refractivity contribution in [3.8, 4) is 11.8 Å². The maximum Gasteiger partial charge on any atom is 0.183 e. The van der Waals surface area contributed by atoms with E-state index in [1.165, 1.54) is 0 Å². The van der Waals surface area contributed by atoms with E-state index in [1.54, 1.807) is 0 Å². The van der Waals surface area contributed by atoms with Crippen LogP contribution in [0.4, 0.5) is 5.82 Å². The molecule has 1 aromatic heterocycles. The molecule has 5 nitrogen and oxygen atoms in total. The summed E-state index contributed by atoms with van der Waals surface area (Å²) in [5.74, 6) is 2.44. The lowest BCUT2D eigenvalue weighted by Crippen LogP contribution is -2.19. The van der Waals surface area contributed by atoms with Gasteiger partial charge in [0.1, 0.15) is 30.1 Å². The lowest BCUT2D eigenvalue weighted by Gasteiger charge is -2.18. The van der Waals surface area contributed by atoms with Crippen LogP contribution in [0.5, 0.6) is 5.75 Å². The van der Waals surface area contributed by atoms with E-state index in [-0.39, 0.29) is 0 Å². The van der Waals surface area contributed by atoms with E-state index < -0.39 is 0 Å². The first-order valence-electron chi connectivity index (χ1n) is 6.71. The minimum Gasteiger partial charge on any atom is -0.486 e. The molecule has 2 heterocycles. The van der Waals surface area contributed by atoms with Crippen LogP contribution in [0.15, 0.2) is 24.3 Å². The molecule has 102 valence electrons. The Morgan fingerprint density at radius 3 is 3.20 bits per heavy atom. The molecule has 0 atom stereocenters. The van der Waals surface area contributed by atoms with E-state index in [1.807, 2.05) is 35.8 Å². The van der Waals surface area contributed by atoms with Gasteiger partial charge in [0.2, 0.25) is 0 Å². The molecule has 0 bridgehead atoms. The Kier molecular flexibility index (Phi) is 3.30. The largest absolute Gasteiger partial charge is 0.486 e. The highest BCUT2D eigenvalue weighted by Gasteiger charge is 2.19. The predicted molar refractivity (Wildman–Crippen MR) is 75.6 cm³/mol. The Labute approximate surface area is 117 Å². The average molecular weight is 268 g/mol. The first kappa shape index (κ1) is 12.5. The van der Waals surface area contributed by atoms with Crippen LogP contribution in [-0.4, -0.2) is 16.1 Å². The van der Waals surface area contributed by atoms with Crippen molar-refractivity contribution in [2.24, 2.45) is 0 Å². The number of ether oxygens (including phenoxy) is 1. The second-order valence-electron chi connectivity index (χ2n) is 4.87. The van der Waals surface area contributed by atoms with Gasteiger partial charge in [-0.2, -0.15) is 5.26 Å². The lowest BCUT2D eigenvalue weighted by atomic mass is 10.2. The lowest BCUT2D eigenvalue weighted by molar-refractivity contribution is 0.288. The molecular formula is C15H16N4O. The Morgan fingerprint density at radius 1 is 1.50 bits per heavy atom. The molecular weight excluding hydrogens is 252 g/mol. The van der Waals surface area contributed by atoms with Gasteiger partial charge in [0.15, 0.2) is 5.69 Å². The van der Waals surface area contributed by atoms with Gasteiger partial charge >= 0.3 is 0 Å². The number of hydrogen-bond donors (Lipinski definition) is 1. The molecule has 1 aromatic carbocycles. The first-order chi connectivity index (χ1) is 9.78. The molecule has 0 saturated carbocycles. The summed E-state index contributed by atoms with van der Waals surface area (Å²) >= 11 is 0. The number of nitrogens with one attached hydrogen (secondary N) is 1. The van der Waals surface area contributed by atoms with E-state index in [4.69, 9.17) is 10.00 Å². The maximum atomic E-state index is 9.12. The highest BCUT2D eigenvalue weighted by molar-refractivity contribution is 5.51. The molecule has 0 aliphatic carbocycles. The van der Waals surface area contributed by atoms with Crippen LogP contribution in [0.1, 0.15) is 23.5 Å². The van der Waals surface area contributed by atoms with Gasteiger partial charge in [-0.3, -0.25) is 0 Å². The molecule has 1 aliphatic rings. The Bertz CT molecular complexity index is 669. The number of imidazole rings is 1. The summed E-state index contributed by atoms with van der Waals surface area (Å²) in [6.45, 7) is 4.17. The summed E-state index contributed by atoms with van der Waals surface area (Å²) < 4.78 is 7.82. The van der Waals surface area contributed by atoms with Crippen LogP contribution in [-0.2, 0) is 13.2 Å². The molecule has 3 rings (SSSR count). The molecule has 0 unspecified atom stereocenters. The van der Waals surface area contributed by atoms with Gasteiger partial charge < -0.3 is 14.6 Å². The van der Waals surface area contributed by atoms with E-state index in [0.717, 1.165) is 42.5 Å². The van der Waals surface area contributed by atoms with Crippen LogP contribution in [0.25, 0.3) is 0 Å². The molecule has 20 heavy (non-hydrogen) atoms. The van der Waals surface area contributed by atoms with Gasteiger partial charge in [0.05, 0.1) is 0 Å². The van der Waals surface area contributed by atoms with Crippen molar-refractivity contribution in [1.82, 2.24) is 9.55 Å². The normalized spacial score (nSPS) is 13.2. The number of benzene rings is 1. The molecule has 2 aromatic rings. The van der Waals surface area contributed by atoms with Gasteiger partial charge in [-0.1, -0.05) is 12.1 Å². The molecule has 0 radical (unpaired) electrons. The van der Waals surface area contributed by atoms with Gasteiger partial charge in [0, 0.05) is 13.1 Å². The van der Waals surface area contributed by atoms with Crippen LogP contribution in [0.3, 0.4) is 0 Å². The standard InChI is InChI=1S/C15H16N4O/c1-11-4-2-5-12(8-11)20-10-14-18-13(9-16)15-17-6-3-7-19(14)15/h2,4-5,8,17H,3,6-7,10H2,1H3. The SMILES string of the molecule is Cc1cccc(OCc2nc(C#N)c3n2CCCN3)c1. The number of fused-ring (bicyclic) bond motifs is 1. The van der Waals surface area contributed by atoms with Crippen molar-refractivity contribution in [1.29, 1.82) is 5.26 Å². The fraction of sp³-hybridized carbons (Fsp3) is 0.333. The quantitative estimate of drug-likeness (QED) is 0.928. The fourth-order valence-corrected chi connectivity index (χ4v) is 2.40. The Morgan fingerprint density at radius 2 is 2.40 bits per heavy atom. The van der Waals surface area contributed by atoms with Crippen molar-refractivity contribution in [3.05, 3.63) is 41.3 Å². The second kappa shape index (κ2) is 5.25. The summed E-state index contributed by atoms with van der Waals surface area (Å²) in [5, 5.41) is 12.4. The number of aryl methyl sites for hydroxylation is 1. The van der Waals surface area contributed by atoms with Crippen molar-refractivity contribution in [3.63, 3.8) is 0 Å². The third kappa shape index (κ3) is 2.32. The summed E-state index contributed by atoms with van der Waals surface area (Å²) in [7, 11) is 0. The molecule has 0 saturated heterocycles. The van der Waals surface area contributed by atoms with Crippen molar-refractivity contribution >= 4 is 5.82 Å². The van der Waals surface area contributed by atoms with Crippen LogP contribution < -0.4 is 10.1 Å².